The molecule has 68 valence electrons. The molecule has 0 N–H and O–H groups in total. The van der Waals surface area contributed by atoms with E-state index in [9.17, 15) is 4.79 Å². The Balaban J connectivity index is 2.98. The van der Waals surface area contributed by atoms with Gasteiger partial charge in [0.1, 0.15) is 6.07 Å². The summed E-state index contributed by atoms with van der Waals surface area (Å²) in [5.74, 6) is -0.428. The lowest BCUT2D eigenvalue weighted by Gasteiger charge is -2.26. The van der Waals surface area contributed by atoms with E-state index in [1.165, 1.54) is 0 Å². The second kappa shape index (κ2) is 3.57. The van der Waals surface area contributed by atoms with Gasteiger partial charge >= 0.3 is 0 Å². The molecule has 0 aromatic carbocycles. The number of nitriles is 1. The van der Waals surface area contributed by atoms with Crippen LogP contribution in [0.5, 0.6) is 0 Å². The molecular weight excluding hydrogens is 162 g/mol. The third-order valence-corrected chi connectivity index (χ3v) is 2.64. The number of rotatable bonds is 1. The molecule has 0 aliphatic heterocycles. The van der Waals surface area contributed by atoms with Gasteiger partial charge in [-0.15, -0.1) is 0 Å². The van der Waals surface area contributed by atoms with Crippen LogP contribution in [0.2, 0.25) is 0 Å². The average molecular weight is 175 g/mol. The van der Waals surface area contributed by atoms with E-state index in [2.05, 4.69) is 12.7 Å². The van der Waals surface area contributed by atoms with Crippen molar-refractivity contribution in [1.29, 1.82) is 5.26 Å². The lowest BCUT2D eigenvalue weighted by Crippen LogP contribution is -2.25. The highest BCUT2D eigenvalue weighted by molar-refractivity contribution is 5.98. The van der Waals surface area contributed by atoms with Crippen molar-refractivity contribution in [3.63, 3.8) is 0 Å². The number of carbonyl (C=O) groups excluding carboxylic acids is 1. The van der Waals surface area contributed by atoms with Gasteiger partial charge in [0.25, 0.3) is 0 Å². The zero-order valence-electron chi connectivity index (χ0n) is 8.00. The average Bonchev–Trinajstić information content (AvgIpc) is 2.12. The van der Waals surface area contributed by atoms with Crippen LogP contribution in [0.1, 0.15) is 20.3 Å². The van der Waals surface area contributed by atoms with Crippen molar-refractivity contribution < 1.29 is 4.79 Å². The van der Waals surface area contributed by atoms with Crippen molar-refractivity contribution in [1.82, 2.24) is 0 Å². The molecule has 13 heavy (non-hydrogen) atoms. The van der Waals surface area contributed by atoms with Crippen LogP contribution in [-0.2, 0) is 4.79 Å². The van der Waals surface area contributed by atoms with Crippen LogP contribution in [0, 0.1) is 23.2 Å². The predicted octanol–water partition coefficient (Wildman–Crippen LogP) is 2.24. The topological polar surface area (TPSA) is 40.9 Å². The van der Waals surface area contributed by atoms with E-state index in [4.69, 9.17) is 5.26 Å². The molecule has 2 unspecified atom stereocenters. The Morgan fingerprint density at radius 3 is 2.92 bits per heavy atom. The van der Waals surface area contributed by atoms with Crippen LogP contribution in [-0.4, -0.2) is 5.78 Å². The van der Waals surface area contributed by atoms with Gasteiger partial charge in [0.2, 0.25) is 5.78 Å². The van der Waals surface area contributed by atoms with Crippen molar-refractivity contribution in [2.75, 3.05) is 0 Å². The largest absolute Gasteiger partial charge is 0.282 e. The first-order valence-corrected chi connectivity index (χ1v) is 4.37. The van der Waals surface area contributed by atoms with Crippen LogP contribution in [0.15, 0.2) is 23.8 Å². The van der Waals surface area contributed by atoms with E-state index in [1.54, 1.807) is 6.07 Å². The van der Waals surface area contributed by atoms with E-state index in [-0.39, 0.29) is 17.6 Å². The summed E-state index contributed by atoms with van der Waals surface area (Å²) in [7, 11) is 0. The molecule has 0 heterocycles. The van der Waals surface area contributed by atoms with Gasteiger partial charge in [0.05, 0.1) is 5.92 Å². The van der Waals surface area contributed by atoms with E-state index >= 15 is 0 Å². The Bertz CT molecular complexity index is 319. The fourth-order valence-electron chi connectivity index (χ4n) is 1.70. The first-order valence-electron chi connectivity index (χ1n) is 4.37. The molecule has 0 aromatic rings. The molecular formula is C11H13NO. The summed E-state index contributed by atoms with van der Waals surface area (Å²) in [6, 6.07) is 1.69. The minimum atomic E-state index is -0.357. The molecule has 1 aliphatic rings. The van der Waals surface area contributed by atoms with Crippen LogP contribution in [0.4, 0.5) is 0 Å². The minimum Gasteiger partial charge on any atom is -0.282 e. The number of Topliss-reactive ketones (excluding diaryl/α,β-unsaturated/α-hetero) is 1. The van der Waals surface area contributed by atoms with Crippen molar-refractivity contribution in [2.45, 2.75) is 20.3 Å². The van der Waals surface area contributed by atoms with Gasteiger partial charge in [-0.05, 0) is 24.8 Å². The fraction of sp³-hybridized carbons (Fsp3) is 0.455. The lowest BCUT2D eigenvalue weighted by atomic mass is 9.76. The summed E-state index contributed by atoms with van der Waals surface area (Å²) in [6.45, 7) is 7.77. The predicted molar refractivity (Wildman–Crippen MR) is 50.8 cm³/mol. The fourth-order valence-corrected chi connectivity index (χ4v) is 1.70. The Morgan fingerprint density at radius 2 is 2.38 bits per heavy atom. The van der Waals surface area contributed by atoms with E-state index in [0.29, 0.717) is 0 Å². The molecule has 0 saturated carbocycles. The van der Waals surface area contributed by atoms with Crippen LogP contribution >= 0.6 is 0 Å². The van der Waals surface area contributed by atoms with Crippen molar-refractivity contribution >= 4 is 5.78 Å². The minimum absolute atomic E-state index is 0.211. The van der Waals surface area contributed by atoms with Gasteiger partial charge in [0.15, 0.2) is 0 Å². The molecule has 0 spiro atoms. The number of hydrogen-bond acceptors (Lipinski definition) is 2. The number of carbonyl (C=O) groups is 1. The third kappa shape index (κ3) is 1.70. The maximum Gasteiger partial charge on any atom is 0.239 e. The van der Waals surface area contributed by atoms with E-state index < -0.39 is 0 Å². The SMILES string of the molecule is C=C1C(C)=CCC(C)C1C(=O)C#N. The molecule has 0 aromatic heterocycles. The summed E-state index contributed by atoms with van der Waals surface area (Å²) in [5, 5.41) is 8.55. The monoisotopic (exact) mass is 175 g/mol. The van der Waals surface area contributed by atoms with Gasteiger partial charge in [-0.3, -0.25) is 4.79 Å². The lowest BCUT2D eigenvalue weighted by molar-refractivity contribution is -0.117. The second-order valence-corrected chi connectivity index (χ2v) is 3.58. The molecule has 1 rings (SSSR count). The maximum absolute atomic E-state index is 11.3. The maximum atomic E-state index is 11.3. The zero-order valence-corrected chi connectivity index (χ0v) is 8.00. The van der Waals surface area contributed by atoms with Crippen molar-refractivity contribution in [3.05, 3.63) is 23.8 Å². The Kier molecular flexibility index (Phi) is 2.67. The summed E-state index contributed by atoms with van der Waals surface area (Å²) in [6.07, 6.45) is 2.94. The molecule has 2 heteroatoms. The van der Waals surface area contributed by atoms with E-state index in [0.717, 1.165) is 17.6 Å². The van der Waals surface area contributed by atoms with Crippen LogP contribution in [0.25, 0.3) is 0 Å². The zero-order chi connectivity index (χ0) is 10.0. The van der Waals surface area contributed by atoms with Gasteiger partial charge < -0.3 is 0 Å². The number of ketones is 1. The molecule has 0 bridgehead atoms. The van der Waals surface area contributed by atoms with Crippen molar-refractivity contribution in [2.24, 2.45) is 11.8 Å². The highest BCUT2D eigenvalue weighted by atomic mass is 16.1. The summed E-state index contributed by atoms with van der Waals surface area (Å²) in [4.78, 5) is 11.3. The molecule has 1 aliphatic carbocycles. The van der Waals surface area contributed by atoms with Crippen LogP contribution < -0.4 is 0 Å². The van der Waals surface area contributed by atoms with Crippen LogP contribution in [0.3, 0.4) is 0 Å². The highest BCUT2D eigenvalue weighted by Gasteiger charge is 2.30. The molecule has 0 saturated heterocycles. The number of nitrogens with zero attached hydrogens (tertiary/aromatic N) is 1. The third-order valence-electron chi connectivity index (χ3n) is 2.64. The highest BCUT2D eigenvalue weighted by Crippen LogP contribution is 2.33. The van der Waals surface area contributed by atoms with Crippen molar-refractivity contribution in [3.8, 4) is 6.07 Å². The van der Waals surface area contributed by atoms with Gasteiger partial charge in [-0.2, -0.15) is 5.26 Å². The first kappa shape index (κ1) is 9.73. The summed E-state index contributed by atoms with van der Waals surface area (Å²) < 4.78 is 0. The van der Waals surface area contributed by atoms with Gasteiger partial charge in [-0.25, -0.2) is 0 Å². The summed E-state index contributed by atoms with van der Waals surface area (Å²) >= 11 is 0. The van der Waals surface area contributed by atoms with Gasteiger partial charge in [-0.1, -0.05) is 25.2 Å². The standard InChI is InChI=1S/C11H13NO/c1-7-4-5-8(2)11(9(7)3)10(13)6-12/h4,8,11H,3,5H2,1-2H3. The number of hydrogen-bond donors (Lipinski definition) is 0. The first-order chi connectivity index (χ1) is 6.07. The second-order valence-electron chi connectivity index (χ2n) is 3.58. The number of allylic oxidation sites excluding steroid dienone is 3. The molecule has 0 amide bonds. The molecule has 2 nitrogen and oxygen atoms in total. The van der Waals surface area contributed by atoms with E-state index in [1.807, 2.05) is 13.8 Å². The molecule has 2 atom stereocenters. The Labute approximate surface area is 78.6 Å². The smallest absolute Gasteiger partial charge is 0.239 e. The normalized spacial score (nSPS) is 27.8. The summed E-state index contributed by atoms with van der Waals surface area (Å²) in [5.41, 5.74) is 1.86. The quantitative estimate of drug-likeness (QED) is 0.573. The molecule has 0 radical (unpaired) electrons. The Hall–Kier alpha value is -1.36. The van der Waals surface area contributed by atoms with Gasteiger partial charge in [0, 0.05) is 0 Å². The molecule has 0 fully saturated rings. The Morgan fingerprint density at radius 1 is 1.77 bits per heavy atom.